The molecule has 1 aliphatic rings. The topological polar surface area (TPSA) is 69.6 Å². The molecule has 0 bridgehead atoms. The maximum Gasteiger partial charge on any atom is 0.258 e. The summed E-state index contributed by atoms with van der Waals surface area (Å²) < 4.78 is 40.4. The molecule has 0 aromatic heterocycles. The van der Waals surface area contributed by atoms with Crippen molar-refractivity contribution in [3.05, 3.63) is 53.8 Å². The van der Waals surface area contributed by atoms with E-state index in [9.17, 15) is 28.0 Å². The highest BCUT2D eigenvalue weighted by molar-refractivity contribution is 6.07. The molecule has 2 amide bonds. The van der Waals surface area contributed by atoms with E-state index in [-0.39, 0.29) is 24.2 Å². The van der Waals surface area contributed by atoms with E-state index in [0.717, 1.165) is 18.2 Å². The first-order valence-electron chi connectivity index (χ1n) is 7.43. The van der Waals surface area contributed by atoms with Crippen LogP contribution in [0.5, 0.6) is 0 Å². The van der Waals surface area contributed by atoms with E-state index in [1.807, 2.05) is 0 Å². The van der Waals surface area contributed by atoms with Gasteiger partial charge in [0.1, 0.15) is 11.7 Å². The summed E-state index contributed by atoms with van der Waals surface area (Å²) in [6, 6.07) is 6.94. The van der Waals surface area contributed by atoms with Gasteiger partial charge in [-0.25, -0.2) is 18.2 Å². The molecule has 1 fully saturated rings. The first-order valence-corrected chi connectivity index (χ1v) is 7.43. The Labute approximate surface area is 140 Å². The van der Waals surface area contributed by atoms with E-state index in [2.05, 4.69) is 5.32 Å². The quantitative estimate of drug-likeness (QED) is 0.661. The Morgan fingerprint density at radius 3 is 2.24 bits per heavy atom. The molecule has 0 spiro atoms. The number of hydroxylamine groups is 2. The zero-order valence-electron chi connectivity index (χ0n) is 12.8. The van der Waals surface area contributed by atoms with Crippen molar-refractivity contribution in [3.63, 3.8) is 0 Å². The predicted octanol–water partition coefficient (Wildman–Crippen LogP) is 2.95. The number of carbonyl (C=O) groups excluding carboxylic acids is 2. The molecule has 1 saturated heterocycles. The minimum absolute atomic E-state index is 0.0362. The molecule has 1 aliphatic heterocycles. The van der Waals surface area contributed by atoms with Gasteiger partial charge in [-0.2, -0.15) is 0 Å². The van der Waals surface area contributed by atoms with Gasteiger partial charge < -0.3 is 5.32 Å². The molecule has 2 N–H and O–H groups in total. The van der Waals surface area contributed by atoms with Crippen LogP contribution in [-0.2, 0) is 9.59 Å². The van der Waals surface area contributed by atoms with Crippen LogP contribution in [0.1, 0.15) is 6.42 Å². The number of anilines is 1. The maximum atomic E-state index is 14.2. The summed E-state index contributed by atoms with van der Waals surface area (Å²) in [6.07, 6.45) is 0.135. The zero-order chi connectivity index (χ0) is 18.1. The average molecular weight is 350 g/mol. The molecular formula is C17H13F3N2O3. The van der Waals surface area contributed by atoms with Crippen LogP contribution >= 0.6 is 0 Å². The lowest BCUT2D eigenvalue weighted by atomic mass is 10.0. The Bertz CT molecular complexity index is 857. The average Bonchev–Trinajstić information content (AvgIpc) is 2.91. The summed E-state index contributed by atoms with van der Waals surface area (Å²) in [5.41, 5.74) is 0.422. The smallest absolute Gasteiger partial charge is 0.258 e. The molecule has 0 radical (unpaired) electrons. The molecule has 3 rings (SSSR count). The van der Waals surface area contributed by atoms with Gasteiger partial charge in [0, 0.05) is 6.54 Å². The van der Waals surface area contributed by atoms with Crippen molar-refractivity contribution in [2.45, 2.75) is 6.42 Å². The highest BCUT2D eigenvalue weighted by atomic mass is 19.2. The maximum absolute atomic E-state index is 14.2. The van der Waals surface area contributed by atoms with E-state index in [4.69, 9.17) is 0 Å². The zero-order valence-corrected chi connectivity index (χ0v) is 12.8. The Morgan fingerprint density at radius 1 is 1.04 bits per heavy atom. The molecule has 2 aromatic rings. The summed E-state index contributed by atoms with van der Waals surface area (Å²) >= 11 is 0. The van der Waals surface area contributed by atoms with Gasteiger partial charge in [-0.15, -0.1) is 0 Å². The van der Waals surface area contributed by atoms with Gasteiger partial charge in [0.2, 0.25) is 5.91 Å². The monoisotopic (exact) mass is 350 g/mol. The molecule has 0 saturated carbocycles. The number of hydrogen-bond acceptors (Lipinski definition) is 3. The fourth-order valence-corrected chi connectivity index (χ4v) is 2.60. The second kappa shape index (κ2) is 6.56. The molecule has 5 nitrogen and oxygen atoms in total. The molecule has 1 atom stereocenters. The van der Waals surface area contributed by atoms with Crippen LogP contribution in [0.2, 0.25) is 0 Å². The normalized spacial score (nSPS) is 17.0. The first kappa shape index (κ1) is 17.0. The van der Waals surface area contributed by atoms with Crippen LogP contribution in [0.3, 0.4) is 0 Å². The number of carbonyl (C=O) groups is 2. The van der Waals surface area contributed by atoms with Crippen LogP contribution in [0.15, 0.2) is 36.4 Å². The van der Waals surface area contributed by atoms with Crippen molar-refractivity contribution < 1.29 is 28.0 Å². The number of halogens is 3. The molecule has 2 aromatic carbocycles. The predicted molar refractivity (Wildman–Crippen MR) is 82.0 cm³/mol. The highest BCUT2D eigenvalue weighted by Gasteiger charge is 2.36. The summed E-state index contributed by atoms with van der Waals surface area (Å²) in [5.74, 6) is -5.38. The number of nitrogens with zero attached hydrogens (tertiary/aromatic N) is 1. The van der Waals surface area contributed by atoms with Crippen molar-refractivity contribution in [1.82, 2.24) is 5.06 Å². The molecule has 25 heavy (non-hydrogen) atoms. The second-order valence-corrected chi connectivity index (χ2v) is 5.62. The number of benzene rings is 2. The van der Waals surface area contributed by atoms with Crippen molar-refractivity contribution in [1.29, 1.82) is 0 Å². The number of rotatable bonds is 3. The van der Waals surface area contributed by atoms with Gasteiger partial charge in [-0.3, -0.25) is 14.8 Å². The van der Waals surface area contributed by atoms with Crippen LogP contribution in [0.25, 0.3) is 11.1 Å². The van der Waals surface area contributed by atoms with Gasteiger partial charge in [0.25, 0.3) is 5.91 Å². The van der Waals surface area contributed by atoms with Gasteiger partial charge in [0.15, 0.2) is 11.6 Å². The summed E-state index contributed by atoms with van der Waals surface area (Å²) in [6.45, 7) is 0.0362. The minimum atomic E-state index is -1.07. The lowest BCUT2D eigenvalue weighted by Crippen LogP contribution is -2.31. The molecule has 1 unspecified atom stereocenters. The van der Waals surface area contributed by atoms with Crippen LogP contribution in [0.4, 0.5) is 18.9 Å². The Kier molecular flexibility index (Phi) is 4.45. The third kappa shape index (κ3) is 3.34. The molecule has 130 valence electrons. The largest absolute Gasteiger partial charge is 0.323 e. The Balaban J connectivity index is 1.79. The Hall–Kier alpha value is -2.87. The summed E-state index contributed by atoms with van der Waals surface area (Å²) in [5, 5.41) is 12.0. The SMILES string of the molecule is O=C(Nc1ccc(-c2ccc(F)c(F)c2)cc1F)C1CCN(O)C1=O. The number of amides is 2. The number of nitrogens with one attached hydrogen (secondary N) is 1. The van der Waals surface area contributed by atoms with E-state index >= 15 is 0 Å². The van der Waals surface area contributed by atoms with Crippen LogP contribution < -0.4 is 5.32 Å². The third-order valence-corrected chi connectivity index (χ3v) is 3.98. The molecule has 8 heteroatoms. The standard InChI is InChI=1S/C17H13F3N2O3/c18-12-3-1-9(7-13(12)19)10-2-4-15(14(20)8-10)21-16(23)11-5-6-22(25)17(11)24/h1-4,7-8,11,25H,5-6H2,(H,21,23). The van der Waals surface area contributed by atoms with Crippen molar-refractivity contribution in [2.75, 3.05) is 11.9 Å². The molecular weight excluding hydrogens is 337 g/mol. The van der Waals surface area contributed by atoms with Crippen molar-refractivity contribution in [2.24, 2.45) is 5.92 Å². The second-order valence-electron chi connectivity index (χ2n) is 5.62. The third-order valence-electron chi connectivity index (χ3n) is 3.98. The van der Waals surface area contributed by atoms with E-state index < -0.39 is 35.2 Å². The van der Waals surface area contributed by atoms with Crippen molar-refractivity contribution >= 4 is 17.5 Å². The van der Waals surface area contributed by atoms with Gasteiger partial charge in [-0.1, -0.05) is 12.1 Å². The van der Waals surface area contributed by atoms with Crippen LogP contribution in [-0.4, -0.2) is 28.6 Å². The van der Waals surface area contributed by atoms with E-state index in [1.165, 1.54) is 18.2 Å². The van der Waals surface area contributed by atoms with Crippen LogP contribution in [0, 0.1) is 23.4 Å². The summed E-state index contributed by atoms with van der Waals surface area (Å²) in [7, 11) is 0. The fraction of sp³-hybridized carbons (Fsp3) is 0.176. The van der Waals surface area contributed by atoms with E-state index in [0.29, 0.717) is 10.6 Å². The van der Waals surface area contributed by atoms with Gasteiger partial charge in [-0.05, 0) is 41.8 Å². The fourth-order valence-electron chi connectivity index (χ4n) is 2.60. The highest BCUT2D eigenvalue weighted by Crippen LogP contribution is 2.26. The summed E-state index contributed by atoms with van der Waals surface area (Å²) in [4.78, 5) is 23.6. The lowest BCUT2D eigenvalue weighted by Gasteiger charge is -2.12. The minimum Gasteiger partial charge on any atom is -0.323 e. The molecule has 1 heterocycles. The molecule has 0 aliphatic carbocycles. The van der Waals surface area contributed by atoms with E-state index in [1.54, 1.807) is 0 Å². The lowest BCUT2D eigenvalue weighted by molar-refractivity contribution is -0.160. The van der Waals surface area contributed by atoms with Crippen molar-refractivity contribution in [3.8, 4) is 11.1 Å². The Morgan fingerprint density at radius 2 is 1.68 bits per heavy atom. The number of hydrogen-bond donors (Lipinski definition) is 2. The van der Waals surface area contributed by atoms with Gasteiger partial charge in [0.05, 0.1) is 5.69 Å². The first-order chi connectivity index (χ1) is 11.9. The van der Waals surface area contributed by atoms with Gasteiger partial charge >= 0.3 is 0 Å².